The molecule has 0 amide bonds. The highest BCUT2D eigenvalue weighted by atomic mass is 31.3. The van der Waals surface area contributed by atoms with E-state index in [-0.39, 0.29) is 6.29 Å². The minimum absolute atomic E-state index is 0.257. The van der Waals surface area contributed by atoms with E-state index >= 15 is 0 Å². The summed E-state index contributed by atoms with van der Waals surface area (Å²) in [6, 6.07) is 0. The Balaban J connectivity index is 5.08. The van der Waals surface area contributed by atoms with Gasteiger partial charge in [-0.15, -0.1) is 0 Å². The predicted octanol–water partition coefficient (Wildman–Crippen LogP) is -3.14. The SMILES string of the molecule is [2H]OP(=O)(O[C@H](C=O)[C@@H](O)[C@H](O)[C@H](O)CO)OP(=O)(O)O. The summed E-state index contributed by atoms with van der Waals surface area (Å²) in [6.45, 7) is -1.00. The number of aldehydes is 1. The Morgan fingerprint density at radius 3 is 2.10 bits per heavy atom. The first-order chi connectivity index (χ1) is 9.49. The molecule has 0 fully saturated rings. The van der Waals surface area contributed by atoms with Crippen LogP contribution in [0.15, 0.2) is 0 Å². The van der Waals surface area contributed by atoms with E-state index in [9.17, 15) is 24.1 Å². The lowest BCUT2D eigenvalue weighted by atomic mass is 10.0. The fraction of sp³-hybridized carbons (Fsp3) is 0.833. The van der Waals surface area contributed by atoms with Crippen LogP contribution in [0.4, 0.5) is 0 Å². The molecule has 0 aromatic heterocycles. The fourth-order valence-electron chi connectivity index (χ4n) is 0.996. The highest BCUT2D eigenvalue weighted by Gasteiger charge is 2.40. The third-order valence-corrected chi connectivity index (χ3v) is 4.01. The van der Waals surface area contributed by atoms with Crippen molar-refractivity contribution in [3.05, 3.63) is 0 Å². The molecule has 7 N–H and O–H groups in total. The van der Waals surface area contributed by atoms with E-state index in [4.69, 9.17) is 21.4 Å². The first-order valence-corrected chi connectivity index (χ1v) is 7.79. The van der Waals surface area contributed by atoms with Crippen molar-refractivity contribution in [3.63, 3.8) is 0 Å². The van der Waals surface area contributed by atoms with Crippen molar-refractivity contribution in [2.24, 2.45) is 0 Å². The van der Waals surface area contributed by atoms with Crippen molar-refractivity contribution in [2.45, 2.75) is 24.4 Å². The number of phosphoric ester groups is 1. The molecule has 0 saturated heterocycles. The van der Waals surface area contributed by atoms with E-state index in [0.29, 0.717) is 0 Å². The molecule has 0 heterocycles. The summed E-state index contributed by atoms with van der Waals surface area (Å²) in [5.74, 6) is 0. The number of carbonyl (C=O) groups is 1. The summed E-state index contributed by atoms with van der Waals surface area (Å²) in [7, 11) is -10.7. The number of aliphatic hydroxyl groups excluding tert-OH is 4. The number of hydrogen-bond donors (Lipinski definition) is 7. The van der Waals surface area contributed by atoms with Gasteiger partial charge in [0.25, 0.3) is 0 Å². The third kappa shape index (κ3) is 6.97. The van der Waals surface area contributed by atoms with E-state index in [2.05, 4.69) is 13.7 Å². The fourth-order valence-corrected chi connectivity index (χ4v) is 2.66. The molecule has 0 aliphatic heterocycles. The first kappa shape index (κ1) is 17.8. The molecule has 0 saturated carbocycles. The van der Waals surface area contributed by atoms with Gasteiger partial charge in [0.2, 0.25) is 1.43 Å². The van der Waals surface area contributed by atoms with Gasteiger partial charge in [-0.05, 0) is 0 Å². The van der Waals surface area contributed by atoms with Gasteiger partial charge in [-0.2, -0.15) is 4.31 Å². The van der Waals surface area contributed by atoms with Gasteiger partial charge >= 0.3 is 15.6 Å². The van der Waals surface area contributed by atoms with Crippen molar-refractivity contribution in [3.8, 4) is 0 Å². The van der Waals surface area contributed by atoms with Crippen LogP contribution in [0.5, 0.6) is 0 Å². The monoisotopic (exact) mass is 341 g/mol. The second-order valence-corrected chi connectivity index (χ2v) is 6.20. The van der Waals surface area contributed by atoms with Crippen LogP contribution in [-0.2, 0) is 22.8 Å². The molecule has 14 heteroatoms. The number of rotatable bonds is 10. The summed E-state index contributed by atoms with van der Waals surface area (Å²) >= 11 is 0. The molecule has 0 aliphatic carbocycles. The molecular formula is C6H14O12P2. The van der Waals surface area contributed by atoms with Crippen LogP contribution in [-0.4, -0.2) is 73.8 Å². The number of phosphoric acid groups is 2. The smallest absolute Gasteiger partial charge is 0.394 e. The normalized spacial score (nSPS) is 22.2. The molecule has 0 rings (SSSR count). The predicted molar refractivity (Wildman–Crippen MR) is 59.0 cm³/mol. The average Bonchev–Trinajstić information content (AvgIpc) is 2.40. The summed E-state index contributed by atoms with van der Waals surface area (Å²) in [5.41, 5.74) is 0. The van der Waals surface area contributed by atoms with Gasteiger partial charge < -0.3 is 39.9 Å². The molecule has 1 unspecified atom stereocenters. The molecule has 0 aromatic carbocycles. The molecule has 0 aliphatic rings. The summed E-state index contributed by atoms with van der Waals surface area (Å²) in [4.78, 5) is 30.9. The third-order valence-electron chi connectivity index (χ3n) is 1.86. The maximum absolute atomic E-state index is 11.5. The van der Waals surface area contributed by atoms with E-state index in [1.54, 1.807) is 0 Å². The Morgan fingerprint density at radius 2 is 1.75 bits per heavy atom. The Labute approximate surface area is 113 Å². The standard InChI is InChI=1S/C6H14O12P2/c7-1-3(9)5(10)6(11)4(2-8)17-20(15,16)18-19(12,13)14/h2-7,9-11H,1H2,(H,15,16)(H2,12,13,14)/t3-,4-,5-,6-/m1/s1/i/hD. The Kier molecular flexibility index (Phi) is 6.85. The highest BCUT2D eigenvalue weighted by Crippen LogP contribution is 2.58. The molecule has 120 valence electrons. The van der Waals surface area contributed by atoms with Gasteiger partial charge in [-0.3, -0.25) is 4.52 Å². The Bertz CT molecular complexity index is 424. The van der Waals surface area contributed by atoms with E-state index in [1.807, 2.05) is 0 Å². The van der Waals surface area contributed by atoms with Crippen molar-refractivity contribution in [1.29, 1.82) is 1.43 Å². The van der Waals surface area contributed by atoms with Gasteiger partial charge in [0.1, 0.15) is 18.3 Å². The van der Waals surface area contributed by atoms with Crippen molar-refractivity contribution < 1.29 is 57.9 Å². The van der Waals surface area contributed by atoms with Crippen LogP contribution in [0.2, 0.25) is 0 Å². The number of aliphatic hydroxyl groups is 4. The lowest BCUT2D eigenvalue weighted by molar-refractivity contribution is -0.134. The molecular weight excluding hydrogens is 326 g/mol. The second kappa shape index (κ2) is 7.69. The first-order valence-electron chi connectivity index (χ1n) is 5.21. The zero-order chi connectivity index (χ0) is 16.8. The second-order valence-electron chi connectivity index (χ2n) is 3.46. The number of hydrogen-bond acceptors (Lipinski definition) is 10. The Morgan fingerprint density at radius 1 is 1.20 bits per heavy atom. The molecule has 20 heavy (non-hydrogen) atoms. The maximum atomic E-state index is 11.5. The number of carbonyl (C=O) groups excluding carboxylic acids is 1. The van der Waals surface area contributed by atoms with E-state index in [1.165, 1.54) is 0 Å². The van der Waals surface area contributed by atoms with Crippen LogP contribution in [0.25, 0.3) is 0 Å². The van der Waals surface area contributed by atoms with Crippen LogP contribution in [0.3, 0.4) is 0 Å². The van der Waals surface area contributed by atoms with Crippen molar-refractivity contribution in [1.82, 2.24) is 0 Å². The zero-order valence-electron chi connectivity index (χ0n) is 10.6. The summed E-state index contributed by atoms with van der Waals surface area (Å²) < 4.78 is 36.1. The molecule has 0 bridgehead atoms. The van der Waals surface area contributed by atoms with Crippen LogP contribution in [0, 0.1) is 0 Å². The largest absolute Gasteiger partial charge is 0.481 e. The van der Waals surface area contributed by atoms with Crippen molar-refractivity contribution >= 4 is 21.9 Å². The molecule has 0 spiro atoms. The Hall–Kier alpha value is -0.230. The lowest BCUT2D eigenvalue weighted by Crippen LogP contribution is -2.47. The van der Waals surface area contributed by atoms with Crippen LogP contribution in [0.1, 0.15) is 0 Å². The van der Waals surface area contributed by atoms with Gasteiger partial charge in [0.15, 0.2) is 12.4 Å². The van der Waals surface area contributed by atoms with Crippen LogP contribution < -0.4 is 0 Å². The van der Waals surface area contributed by atoms with Gasteiger partial charge in [0.05, 0.1) is 6.61 Å². The lowest BCUT2D eigenvalue weighted by Gasteiger charge is -2.26. The summed E-state index contributed by atoms with van der Waals surface area (Å²) in [6.07, 6.45) is -8.81. The molecule has 5 atom stereocenters. The van der Waals surface area contributed by atoms with Crippen molar-refractivity contribution in [2.75, 3.05) is 6.61 Å². The zero-order valence-corrected chi connectivity index (χ0v) is 11.4. The van der Waals surface area contributed by atoms with E-state index < -0.39 is 46.7 Å². The van der Waals surface area contributed by atoms with Gasteiger partial charge in [-0.1, -0.05) is 0 Å². The molecule has 12 nitrogen and oxygen atoms in total. The van der Waals surface area contributed by atoms with Crippen LogP contribution >= 0.6 is 15.6 Å². The molecule has 0 radical (unpaired) electrons. The minimum Gasteiger partial charge on any atom is -0.394 e. The van der Waals surface area contributed by atoms with Gasteiger partial charge in [0, 0.05) is 0 Å². The highest BCUT2D eigenvalue weighted by molar-refractivity contribution is 7.60. The average molecular weight is 341 g/mol. The maximum Gasteiger partial charge on any atom is 0.481 e. The quantitative estimate of drug-likeness (QED) is 0.155. The minimum atomic E-state index is -5.43. The summed E-state index contributed by atoms with van der Waals surface area (Å²) in [5, 5.41) is 36.4. The van der Waals surface area contributed by atoms with Gasteiger partial charge in [-0.25, -0.2) is 9.13 Å². The van der Waals surface area contributed by atoms with E-state index in [0.717, 1.165) is 0 Å². The molecule has 0 aromatic rings. The topological polar surface area (TPSA) is 211 Å².